The van der Waals surface area contributed by atoms with Gasteiger partial charge in [-0.05, 0) is 63.7 Å². The minimum Gasteiger partial charge on any atom is -0.467 e. The van der Waals surface area contributed by atoms with Crippen molar-refractivity contribution in [2.45, 2.75) is 38.7 Å². The highest BCUT2D eigenvalue weighted by Gasteiger charge is 2.13. The van der Waals surface area contributed by atoms with Crippen molar-refractivity contribution in [1.29, 1.82) is 0 Å². The normalized spacial score (nSPS) is 21.3. The molecule has 3 nitrogen and oxygen atoms in total. The van der Waals surface area contributed by atoms with Crippen LogP contribution in [0.4, 0.5) is 0 Å². The second-order valence-electron chi connectivity index (χ2n) is 4.88. The highest BCUT2D eigenvalue weighted by Crippen LogP contribution is 2.19. The third kappa shape index (κ3) is 5.01. The molecule has 1 fully saturated rings. The lowest BCUT2D eigenvalue weighted by atomic mass is 9.95. The standard InChI is InChI=1S/C14H23NO2.ClH/c1-12(14-7-4-10-17-14)16-9-3-6-13-5-2-8-15-11-13;/h4,7,10,12-13,15H,2-3,5-6,8-9,11H2,1H3;1H. The van der Waals surface area contributed by atoms with E-state index in [0.29, 0.717) is 0 Å². The lowest BCUT2D eigenvalue weighted by Crippen LogP contribution is -2.29. The molecule has 0 spiro atoms. The lowest BCUT2D eigenvalue weighted by molar-refractivity contribution is 0.0459. The molecule has 2 unspecified atom stereocenters. The molecule has 18 heavy (non-hydrogen) atoms. The maximum absolute atomic E-state index is 5.76. The van der Waals surface area contributed by atoms with Crippen molar-refractivity contribution in [2.24, 2.45) is 5.92 Å². The summed E-state index contributed by atoms with van der Waals surface area (Å²) in [5.74, 6) is 1.77. The van der Waals surface area contributed by atoms with Gasteiger partial charge in [-0.25, -0.2) is 0 Å². The zero-order chi connectivity index (χ0) is 11.9. The van der Waals surface area contributed by atoms with Crippen LogP contribution in [-0.4, -0.2) is 19.7 Å². The van der Waals surface area contributed by atoms with Crippen LogP contribution in [0.3, 0.4) is 0 Å². The minimum atomic E-state index is 0. The van der Waals surface area contributed by atoms with E-state index in [1.807, 2.05) is 19.1 Å². The second kappa shape index (κ2) is 8.57. The fourth-order valence-electron chi connectivity index (χ4n) is 2.41. The van der Waals surface area contributed by atoms with E-state index in [1.165, 1.54) is 32.4 Å². The van der Waals surface area contributed by atoms with Crippen LogP contribution in [0.5, 0.6) is 0 Å². The fraction of sp³-hybridized carbons (Fsp3) is 0.714. The molecule has 0 amide bonds. The Morgan fingerprint density at radius 3 is 3.11 bits per heavy atom. The summed E-state index contributed by atoms with van der Waals surface area (Å²) in [5, 5.41) is 3.45. The predicted molar refractivity (Wildman–Crippen MR) is 75.2 cm³/mol. The van der Waals surface area contributed by atoms with Crippen LogP contribution >= 0.6 is 12.4 Å². The molecule has 0 radical (unpaired) electrons. The first-order valence-corrected chi connectivity index (χ1v) is 6.72. The van der Waals surface area contributed by atoms with Gasteiger partial charge in [-0.2, -0.15) is 0 Å². The highest BCUT2D eigenvalue weighted by atomic mass is 35.5. The summed E-state index contributed by atoms with van der Waals surface area (Å²) in [4.78, 5) is 0. The average Bonchev–Trinajstić information content (AvgIpc) is 2.89. The molecule has 1 N–H and O–H groups in total. The number of ether oxygens (including phenoxy) is 1. The molecule has 1 saturated heterocycles. The van der Waals surface area contributed by atoms with Crippen molar-refractivity contribution in [3.63, 3.8) is 0 Å². The van der Waals surface area contributed by atoms with Crippen LogP contribution in [0.2, 0.25) is 0 Å². The summed E-state index contributed by atoms with van der Waals surface area (Å²) in [7, 11) is 0. The SMILES string of the molecule is CC(OCCCC1CCCNC1)c1ccco1.Cl. The number of nitrogens with one attached hydrogen (secondary N) is 1. The topological polar surface area (TPSA) is 34.4 Å². The summed E-state index contributed by atoms with van der Waals surface area (Å²) in [5.41, 5.74) is 0. The second-order valence-corrected chi connectivity index (χ2v) is 4.88. The van der Waals surface area contributed by atoms with Crippen LogP contribution in [0.1, 0.15) is 44.5 Å². The van der Waals surface area contributed by atoms with E-state index < -0.39 is 0 Å². The number of hydrogen-bond acceptors (Lipinski definition) is 3. The van der Waals surface area contributed by atoms with Crippen molar-refractivity contribution >= 4 is 12.4 Å². The Labute approximate surface area is 116 Å². The Balaban J connectivity index is 0.00000162. The highest BCUT2D eigenvalue weighted by molar-refractivity contribution is 5.85. The Hall–Kier alpha value is -0.510. The van der Waals surface area contributed by atoms with Crippen molar-refractivity contribution in [2.75, 3.05) is 19.7 Å². The first kappa shape index (κ1) is 15.5. The van der Waals surface area contributed by atoms with Gasteiger partial charge in [0.1, 0.15) is 11.9 Å². The van der Waals surface area contributed by atoms with E-state index in [0.717, 1.165) is 24.7 Å². The van der Waals surface area contributed by atoms with Crippen LogP contribution in [0.15, 0.2) is 22.8 Å². The van der Waals surface area contributed by atoms with Gasteiger partial charge in [0.2, 0.25) is 0 Å². The molecular formula is C14H24ClNO2. The van der Waals surface area contributed by atoms with Crippen LogP contribution in [0, 0.1) is 5.92 Å². The van der Waals surface area contributed by atoms with Gasteiger partial charge in [-0.3, -0.25) is 0 Å². The molecule has 4 heteroatoms. The molecular weight excluding hydrogens is 250 g/mol. The van der Waals surface area contributed by atoms with Gasteiger partial charge in [-0.15, -0.1) is 12.4 Å². The molecule has 0 bridgehead atoms. The van der Waals surface area contributed by atoms with Gasteiger partial charge in [0, 0.05) is 6.61 Å². The Kier molecular flexibility index (Phi) is 7.40. The van der Waals surface area contributed by atoms with Crippen LogP contribution in [-0.2, 0) is 4.74 Å². The quantitative estimate of drug-likeness (QED) is 0.805. The van der Waals surface area contributed by atoms with Gasteiger partial charge in [-0.1, -0.05) is 0 Å². The third-order valence-corrected chi connectivity index (χ3v) is 3.47. The van der Waals surface area contributed by atoms with Gasteiger partial charge < -0.3 is 14.5 Å². The predicted octanol–water partition coefficient (Wildman–Crippen LogP) is 3.56. The number of piperidine rings is 1. The molecule has 1 aliphatic rings. The summed E-state index contributed by atoms with van der Waals surface area (Å²) in [6.45, 7) is 5.26. The summed E-state index contributed by atoms with van der Waals surface area (Å²) in [6, 6.07) is 3.87. The third-order valence-electron chi connectivity index (χ3n) is 3.47. The van der Waals surface area contributed by atoms with Crippen molar-refractivity contribution in [3.8, 4) is 0 Å². The first-order valence-electron chi connectivity index (χ1n) is 6.72. The van der Waals surface area contributed by atoms with E-state index in [4.69, 9.17) is 9.15 Å². The maximum Gasteiger partial charge on any atom is 0.132 e. The van der Waals surface area contributed by atoms with Crippen molar-refractivity contribution in [3.05, 3.63) is 24.2 Å². The molecule has 2 heterocycles. The zero-order valence-electron chi connectivity index (χ0n) is 11.1. The summed E-state index contributed by atoms with van der Waals surface area (Å²) >= 11 is 0. The molecule has 1 aliphatic heterocycles. The molecule has 1 aromatic heterocycles. The first-order chi connectivity index (χ1) is 8.36. The lowest BCUT2D eigenvalue weighted by Gasteiger charge is -2.22. The molecule has 2 atom stereocenters. The molecule has 0 saturated carbocycles. The van der Waals surface area contributed by atoms with Gasteiger partial charge >= 0.3 is 0 Å². The van der Waals surface area contributed by atoms with Crippen LogP contribution in [0.25, 0.3) is 0 Å². The van der Waals surface area contributed by atoms with E-state index in [9.17, 15) is 0 Å². The minimum absolute atomic E-state index is 0. The van der Waals surface area contributed by atoms with E-state index in [-0.39, 0.29) is 18.5 Å². The largest absolute Gasteiger partial charge is 0.467 e. The Morgan fingerprint density at radius 1 is 1.56 bits per heavy atom. The van der Waals surface area contributed by atoms with Crippen molar-refractivity contribution < 1.29 is 9.15 Å². The molecule has 0 aliphatic carbocycles. The van der Waals surface area contributed by atoms with E-state index in [1.54, 1.807) is 6.26 Å². The number of furan rings is 1. The van der Waals surface area contributed by atoms with Gasteiger partial charge in [0.05, 0.1) is 6.26 Å². The smallest absolute Gasteiger partial charge is 0.132 e. The summed E-state index contributed by atoms with van der Waals surface area (Å²) < 4.78 is 11.1. The molecule has 104 valence electrons. The number of halogens is 1. The van der Waals surface area contributed by atoms with E-state index >= 15 is 0 Å². The molecule has 0 aromatic carbocycles. The number of rotatable bonds is 6. The van der Waals surface area contributed by atoms with Gasteiger partial charge in [0.25, 0.3) is 0 Å². The monoisotopic (exact) mass is 273 g/mol. The maximum atomic E-state index is 5.76. The average molecular weight is 274 g/mol. The Morgan fingerprint density at radius 2 is 2.44 bits per heavy atom. The van der Waals surface area contributed by atoms with Crippen molar-refractivity contribution in [1.82, 2.24) is 5.32 Å². The fourth-order valence-corrected chi connectivity index (χ4v) is 2.41. The van der Waals surface area contributed by atoms with Crippen LogP contribution < -0.4 is 5.32 Å². The van der Waals surface area contributed by atoms with E-state index in [2.05, 4.69) is 5.32 Å². The Bertz CT molecular complexity index is 297. The van der Waals surface area contributed by atoms with Gasteiger partial charge in [0.15, 0.2) is 0 Å². The number of hydrogen-bond donors (Lipinski definition) is 1. The zero-order valence-corrected chi connectivity index (χ0v) is 11.9. The summed E-state index contributed by atoms with van der Waals surface area (Å²) in [6.07, 6.45) is 6.90. The molecule has 2 rings (SSSR count). The molecule has 1 aromatic rings.